The van der Waals surface area contributed by atoms with Crippen molar-refractivity contribution in [1.82, 2.24) is 9.80 Å². The minimum absolute atomic E-state index is 0.0454. The van der Waals surface area contributed by atoms with Crippen molar-refractivity contribution in [3.63, 3.8) is 0 Å². The van der Waals surface area contributed by atoms with Gasteiger partial charge in [0.05, 0.1) is 13.2 Å². The molecular weight excluding hydrogens is 604 g/mol. The number of nitrogens with zero attached hydrogens (tertiary/aromatic N) is 2. The first-order valence-electron chi connectivity index (χ1n) is 16.9. The monoisotopic (exact) mass is 652 g/mol. The lowest BCUT2D eigenvalue weighted by atomic mass is 9.97. The number of fused-ring (bicyclic) bond motifs is 1. The van der Waals surface area contributed by atoms with Crippen molar-refractivity contribution in [3.05, 3.63) is 102 Å². The third-order valence-corrected chi connectivity index (χ3v) is 8.94. The average molecular weight is 653 g/mol. The number of piperidine rings is 1. The number of hydrogen-bond acceptors (Lipinski definition) is 6. The highest BCUT2D eigenvalue weighted by Gasteiger charge is 2.27. The number of carbonyl (C=O) groups excluding carboxylic acids is 2. The van der Waals surface area contributed by atoms with Crippen LogP contribution >= 0.6 is 0 Å². The second kappa shape index (κ2) is 17.2. The maximum Gasteiger partial charge on any atom is 0.253 e. The molecule has 8 heteroatoms. The molecule has 0 bridgehead atoms. The smallest absolute Gasteiger partial charge is 0.253 e. The summed E-state index contributed by atoms with van der Waals surface area (Å²) in [6, 6.07) is 28.1. The van der Waals surface area contributed by atoms with Crippen molar-refractivity contribution >= 4 is 22.6 Å². The summed E-state index contributed by atoms with van der Waals surface area (Å²) in [4.78, 5) is 30.4. The van der Waals surface area contributed by atoms with Gasteiger partial charge < -0.3 is 28.7 Å². The van der Waals surface area contributed by atoms with E-state index in [1.165, 1.54) is 0 Å². The van der Waals surface area contributed by atoms with Crippen LogP contribution in [0.15, 0.2) is 84.9 Å². The maximum atomic E-state index is 13.4. The highest BCUT2D eigenvalue weighted by atomic mass is 16.7. The summed E-state index contributed by atoms with van der Waals surface area (Å²) in [6.07, 6.45) is 2.20. The molecule has 48 heavy (non-hydrogen) atoms. The number of rotatable bonds is 15. The second-order valence-corrected chi connectivity index (χ2v) is 12.6. The van der Waals surface area contributed by atoms with Crippen LogP contribution in [0, 0.1) is 5.92 Å². The highest BCUT2D eigenvalue weighted by Crippen LogP contribution is 2.25. The Bertz CT molecular complexity index is 1650. The fraction of sp³-hybridized carbons (Fsp3) is 0.400. The van der Waals surface area contributed by atoms with E-state index in [4.69, 9.17) is 18.9 Å². The molecule has 5 rings (SSSR count). The van der Waals surface area contributed by atoms with Crippen LogP contribution in [0.5, 0.6) is 5.75 Å². The van der Waals surface area contributed by atoms with Gasteiger partial charge in [-0.25, -0.2) is 0 Å². The Labute approximate surface area is 284 Å². The summed E-state index contributed by atoms with van der Waals surface area (Å²) in [6.45, 7) is 7.94. The van der Waals surface area contributed by atoms with E-state index in [1.807, 2.05) is 67.4 Å². The Balaban J connectivity index is 1.18. The van der Waals surface area contributed by atoms with E-state index in [9.17, 15) is 9.59 Å². The first-order chi connectivity index (χ1) is 23.3. The fourth-order valence-electron chi connectivity index (χ4n) is 6.07. The van der Waals surface area contributed by atoms with Crippen molar-refractivity contribution in [2.75, 3.05) is 53.9 Å². The molecule has 2 amide bonds. The highest BCUT2D eigenvalue weighted by molar-refractivity contribution is 5.98. The molecular formula is C40H48N2O6. The number of hydrogen-bond donors (Lipinski definition) is 0. The standard InChI is InChI=1S/C40H48N2O6/c1-5-47-38(40(44)42-19-17-29(2)18-20-42)24-30-9-11-32(12-10-30)33-8-6-7-31(23-33)27-41(3)39(43)36-14-13-35-26-37(16-15-34(35)25-36)48-28-46-22-21-45-4/h6-16,23,25-26,29,38H,5,17-22,24,27-28H2,1-4H3. The van der Waals surface area contributed by atoms with Gasteiger partial charge in [-0.1, -0.05) is 61.5 Å². The maximum absolute atomic E-state index is 13.4. The topological polar surface area (TPSA) is 77.5 Å². The summed E-state index contributed by atoms with van der Waals surface area (Å²) in [7, 11) is 3.46. The molecule has 1 aliphatic rings. The van der Waals surface area contributed by atoms with Crippen LogP contribution in [-0.2, 0) is 32.0 Å². The lowest BCUT2D eigenvalue weighted by Crippen LogP contribution is -2.45. The van der Waals surface area contributed by atoms with Crippen molar-refractivity contribution in [2.24, 2.45) is 5.92 Å². The summed E-state index contributed by atoms with van der Waals surface area (Å²) in [5.74, 6) is 1.43. The minimum Gasteiger partial charge on any atom is -0.468 e. The number of benzene rings is 4. The van der Waals surface area contributed by atoms with Gasteiger partial charge in [-0.3, -0.25) is 9.59 Å². The summed E-state index contributed by atoms with van der Waals surface area (Å²) >= 11 is 0. The fourth-order valence-corrected chi connectivity index (χ4v) is 6.07. The Morgan fingerprint density at radius 2 is 1.62 bits per heavy atom. The Kier molecular flexibility index (Phi) is 12.6. The van der Waals surface area contributed by atoms with Gasteiger partial charge in [-0.2, -0.15) is 0 Å². The van der Waals surface area contributed by atoms with E-state index < -0.39 is 6.10 Å². The van der Waals surface area contributed by atoms with Crippen molar-refractivity contribution < 1.29 is 28.5 Å². The predicted molar refractivity (Wildman–Crippen MR) is 189 cm³/mol. The van der Waals surface area contributed by atoms with Crippen LogP contribution in [0.3, 0.4) is 0 Å². The predicted octanol–water partition coefficient (Wildman–Crippen LogP) is 6.98. The molecule has 1 saturated heterocycles. The van der Waals surface area contributed by atoms with E-state index in [2.05, 4.69) is 43.3 Å². The SMILES string of the molecule is CCOC(Cc1ccc(-c2cccc(CN(C)C(=O)c3ccc4cc(OCOCCOC)ccc4c3)c2)cc1)C(=O)N1CCC(C)CC1. The molecule has 4 aromatic rings. The molecule has 0 spiro atoms. The Hall–Kier alpha value is -4.24. The van der Waals surface area contributed by atoms with Crippen LogP contribution in [-0.4, -0.2) is 81.6 Å². The molecule has 0 saturated carbocycles. The summed E-state index contributed by atoms with van der Waals surface area (Å²) in [5.41, 5.74) is 4.90. The molecule has 8 nitrogen and oxygen atoms in total. The van der Waals surface area contributed by atoms with E-state index in [0.717, 1.165) is 59.0 Å². The molecule has 0 aliphatic carbocycles. The van der Waals surface area contributed by atoms with Gasteiger partial charge in [0.25, 0.3) is 11.8 Å². The van der Waals surface area contributed by atoms with Gasteiger partial charge in [-0.05, 0) is 89.0 Å². The Morgan fingerprint density at radius 1 is 0.875 bits per heavy atom. The third-order valence-electron chi connectivity index (χ3n) is 8.94. The van der Waals surface area contributed by atoms with E-state index >= 15 is 0 Å². The number of amides is 2. The van der Waals surface area contributed by atoms with E-state index in [-0.39, 0.29) is 18.6 Å². The first-order valence-corrected chi connectivity index (χ1v) is 16.9. The lowest BCUT2D eigenvalue weighted by Gasteiger charge is -2.33. The number of carbonyl (C=O) groups is 2. The molecule has 0 radical (unpaired) electrons. The largest absolute Gasteiger partial charge is 0.468 e. The summed E-state index contributed by atoms with van der Waals surface area (Å²) in [5, 5.41) is 1.95. The van der Waals surface area contributed by atoms with E-state index in [1.54, 1.807) is 12.0 Å². The van der Waals surface area contributed by atoms with Crippen molar-refractivity contribution in [2.45, 2.75) is 45.8 Å². The second-order valence-electron chi connectivity index (χ2n) is 12.6. The molecule has 254 valence electrons. The molecule has 0 aromatic heterocycles. The molecule has 1 unspecified atom stereocenters. The zero-order valence-electron chi connectivity index (χ0n) is 28.7. The molecule has 1 heterocycles. The summed E-state index contributed by atoms with van der Waals surface area (Å²) < 4.78 is 22.0. The van der Waals surface area contributed by atoms with Crippen LogP contribution in [0.4, 0.5) is 0 Å². The Morgan fingerprint density at radius 3 is 2.38 bits per heavy atom. The van der Waals surface area contributed by atoms with Crippen molar-refractivity contribution in [1.29, 1.82) is 0 Å². The van der Waals surface area contributed by atoms with Crippen LogP contribution < -0.4 is 4.74 Å². The number of ether oxygens (including phenoxy) is 4. The molecule has 1 atom stereocenters. The van der Waals surface area contributed by atoms with Gasteiger partial charge in [0.2, 0.25) is 0 Å². The third kappa shape index (κ3) is 9.43. The lowest BCUT2D eigenvalue weighted by molar-refractivity contribution is -0.144. The molecule has 4 aromatic carbocycles. The average Bonchev–Trinajstić information content (AvgIpc) is 3.11. The van der Waals surface area contributed by atoms with Gasteiger partial charge in [0, 0.05) is 52.4 Å². The van der Waals surface area contributed by atoms with Crippen molar-refractivity contribution in [3.8, 4) is 16.9 Å². The molecule has 0 N–H and O–H groups in total. The van der Waals surface area contributed by atoms with Crippen LogP contribution in [0.1, 0.15) is 48.2 Å². The van der Waals surface area contributed by atoms with Gasteiger partial charge in [0.1, 0.15) is 11.9 Å². The first kappa shape index (κ1) is 35.1. The zero-order chi connectivity index (χ0) is 33.9. The van der Waals surface area contributed by atoms with Gasteiger partial charge >= 0.3 is 0 Å². The number of methoxy groups -OCH3 is 1. The minimum atomic E-state index is -0.462. The van der Waals surface area contributed by atoms with Gasteiger partial charge in [-0.15, -0.1) is 0 Å². The van der Waals surface area contributed by atoms with Crippen LogP contribution in [0.25, 0.3) is 21.9 Å². The van der Waals surface area contributed by atoms with Crippen LogP contribution in [0.2, 0.25) is 0 Å². The molecule has 1 fully saturated rings. The number of likely N-dealkylation sites (tertiary alicyclic amines) is 1. The van der Waals surface area contributed by atoms with E-state index in [0.29, 0.717) is 50.0 Å². The van der Waals surface area contributed by atoms with Gasteiger partial charge in [0.15, 0.2) is 6.79 Å². The quantitative estimate of drug-likeness (QED) is 0.102. The molecule has 1 aliphatic heterocycles. The zero-order valence-corrected chi connectivity index (χ0v) is 28.7. The normalized spacial score (nSPS) is 14.2.